The van der Waals surface area contributed by atoms with Crippen LogP contribution in [0.4, 0.5) is 5.69 Å². The summed E-state index contributed by atoms with van der Waals surface area (Å²) in [6.07, 6.45) is 0.280. The molecular formula is C21H19ClN2O3S. The summed E-state index contributed by atoms with van der Waals surface area (Å²) in [5, 5.41) is 5.83. The van der Waals surface area contributed by atoms with Crippen LogP contribution in [-0.4, -0.2) is 16.9 Å². The van der Waals surface area contributed by atoms with Crippen LogP contribution in [0.15, 0.2) is 53.9 Å². The fourth-order valence-corrected chi connectivity index (χ4v) is 3.46. The fraction of sp³-hybridized carbons (Fsp3) is 0.190. The van der Waals surface area contributed by atoms with Crippen molar-refractivity contribution in [1.29, 1.82) is 0 Å². The zero-order valence-corrected chi connectivity index (χ0v) is 16.8. The Labute approximate surface area is 172 Å². The number of nitrogens with zero attached hydrogens (tertiary/aromatic N) is 1. The molecule has 2 aromatic carbocycles. The summed E-state index contributed by atoms with van der Waals surface area (Å²) in [5.41, 5.74) is 3.23. The van der Waals surface area contributed by atoms with E-state index in [1.54, 1.807) is 17.5 Å². The number of nitrogens with one attached hydrogen (secondary N) is 1. The average Bonchev–Trinajstić information content (AvgIpc) is 3.11. The van der Waals surface area contributed by atoms with Crippen LogP contribution in [0.25, 0.3) is 0 Å². The van der Waals surface area contributed by atoms with E-state index in [0.29, 0.717) is 15.7 Å². The number of esters is 1. The fourth-order valence-electron chi connectivity index (χ4n) is 2.48. The highest BCUT2D eigenvalue weighted by Gasteiger charge is 2.11. The normalized spacial score (nSPS) is 10.5. The molecule has 0 aliphatic carbocycles. The third kappa shape index (κ3) is 5.90. The molecule has 144 valence electrons. The first-order chi connectivity index (χ1) is 13.5. The Balaban J connectivity index is 1.47. The van der Waals surface area contributed by atoms with Gasteiger partial charge in [0.25, 0.3) is 0 Å². The highest BCUT2D eigenvalue weighted by atomic mass is 35.5. The SMILES string of the molecule is Cc1ccc(NC(=O)Cc2nc(COC(=O)Cc3ccccc3Cl)cs2)cc1. The number of ether oxygens (including phenoxy) is 1. The number of amides is 1. The van der Waals surface area contributed by atoms with Gasteiger partial charge in [-0.3, -0.25) is 9.59 Å². The van der Waals surface area contributed by atoms with Gasteiger partial charge in [0.05, 0.1) is 18.5 Å². The Morgan fingerprint density at radius 2 is 1.86 bits per heavy atom. The first-order valence-corrected chi connectivity index (χ1v) is 9.94. The maximum atomic E-state index is 12.1. The van der Waals surface area contributed by atoms with E-state index in [1.807, 2.05) is 43.3 Å². The van der Waals surface area contributed by atoms with Crippen molar-refractivity contribution in [2.75, 3.05) is 5.32 Å². The van der Waals surface area contributed by atoms with Gasteiger partial charge < -0.3 is 10.1 Å². The standard InChI is InChI=1S/C21H19ClN2O3S/c1-14-6-8-16(9-7-14)23-19(25)11-20-24-17(13-28-20)12-27-21(26)10-15-4-2-3-5-18(15)22/h2-9,13H,10-12H2,1H3,(H,23,25). The zero-order chi connectivity index (χ0) is 19.9. The molecule has 1 amide bonds. The molecule has 0 unspecified atom stereocenters. The van der Waals surface area contributed by atoms with Gasteiger partial charge in [-0.15, -0.1) is 11.3 Å². The van der Waals surface area contributed by atoms with Crippen molar-refractivity contribution < 1.29 is 14.3 Å². The van der Waals surface area contributed by atoms with Crippen LogP contribution in [0.5, 0.6) is 0 Å². The predicted molar refractivity (Wildman–Crippen MR) is 111 cm³/mol. The number of aromatic nitrogens is 1. The maximum absolute atomic E-state index is 12.1. The second-order valence-corrected chi connectivity index (χ2v) is 7.60. The van der Waals surface area contributed by atoms with Crippen LogP contribution in [0.3, 0.4) is 0 Å². The third-order valence-corrected chi connectivity index (χ3v) is 5.19. The van der Waals surface area contributed by atoms with E-state index in [4.69, 9.17) is 16.3 Å². The molecule has 1 N–H and O–H groups in total. The number of carbonyl (C=O) groups is 2. The molecular weight excluding hydrogens is 396 g/mol. The van der Waals surface area contributed by atoms with Gasteiger partial charge in [-0.2, -0.15) is 0 Å². The molecule has 0 fully saturated rings. The lowest BCUT2D eigenvalue weighted by Gasteiger charge is -2.05. The number of carbonyl (C=O) groups excluding carboxylic acids is 2. The second kappa shape index (κ2) is 9.48. The number of halogens is 1. The van der Waals surface area contributed by atoms with Crippen LogP contribution < -0.4 is 5.32 Å². The van der Waals surface area contributed by atoms with Gasteiger partial charge in [-0.05, 0) is 30.7 Å². The van der Waals surface area contributed by atoms with Gasteiger partial charge in [-0.1, -0.05) is 47.5 Å². The number of thiazole rings is 1. The molecule has 0 saturated heterocycles. The maximum Gasteiger partial charge on any atom is 0.310 e. The number of hydrogen-bond donors (Lipinski definition) is 1. The topological polar surface area (TPSA) is 68.3 Å². The Bertz CT molecular complexity index is 970. The number of aryl methyl sites for hydroxylation is 1. The van der Waals surface area contributed by atoms with Gasteiger partial charge in [-0.25, -0.2) is 4.98 Å². The third-order valence-electron chi connectivity index (χ3n) is 3.92. The van der Waals surface area contributed by atoms with Crippen molar-refractivity contribution >= 4 is 40.5 Å². The minimum Gasteiger partial charge on any atom is -0.459 e. The molecule has 0 spiro atoms. The second-order valence-electron chi connectivity index (χ2n) is 6.25. The minimum absolute atomic E-state index is 0.0688. The van der Waals surface area contributed by atoms with Crippen molar-refractivity contribution in [2.24, 2.45) is 0 Å². The highest BCUT2D eigenvalue weighted by Crippen LogP contribution is 2.17. The van der Waals surface area contributed by atoms with Crippen molar-refractivity contribution in [3.8, 4) is 0 Å². The van der Waals surface area contributed by atoms with Crippen LogP contribution in [0.2, 0.25) is 5.02 Å². The Morgan fingerprint density at radius 1 is 1.11 bits per heavy atom. The van der Waals surface area contributed by atoms with E-state index in [9.17, 15) is 9.59 Å². The Morgan fingerprint density at radius 3 is 2.61 bits per heavy atom. The van der Waals surface area contributed by atoms with Crippen LogP contribution in [-0.2, 0) is 33.8 Å². The summed E-state index contributed by atoms with van der Waals surface area (Å²) in [6, 6.07) is 14.8. The van der Waals surface area contributed by atoms with Crippen LogP contribution >= 0.6 is 22.9 Å². The van der Waals surface area contributed by atoms with Crippen LogP contribution in [0, 0.1) is 6.92 Å². The van der Waals surface area contributed by atoms with E-state index < -0.39 is 0 Å². The summed E-state index contributed by atoms with van der Waals surface area (Å²) in [5.74, 6) is -0.514. The summed E-state index contributed by atoms with van der Waals surface area (Å²) >= 11 is 7.41. The molecule has 7 heteroatoms. The zero-order valence-electron chi connectivity index (χ0n) is 15.3. The Hall–Kier alpha value is -2.70. The Kier molecular flexibility index (Phi) is 6.79. The first-order valence-electron chi connectivity index (χ1n) is 8.68. The summed E-state index contributed by atoms with van der Waals surface area (Å²) < 4.78 is 5.26. The average molecular weight is 415 g/mol. The highest BCUT2D eigenvalue weighted by molar-refractivity contribution is 7.09. The lowest BCUT2D eigenvalue weighted by atomic mass is 10.1. The lowest BCUT2D eigenvalue weighted by molar-refractivity contribution is -0.144. The quantitative estimate of drug-likeness (QED) is 0.575. The summed E-state index contributed by atoms with van der Waals surface area (Å²) in [6.45, 7) is 2.06. The lowest BCUT2D eigenvalue weighted by Crippen LogP contribution is -2.14. The van der Waals surface area contributed by atoms with Crippen molar-refractivity contribution in [1.82, 2.24) is 4.98 Å². The van der Waals surface area contributed by atoms with Gasteiger partial charge in [0.1, 0.15) is 11.6 Å². The largest absolute Gasteiger partial charge is 0.459 e. The monoisotopic (exact) mass is 414 g/mol. The van der Waals surface area contributed by atoms with E-state index in [-0.39, 0.29) is 31.3 Å². The number of benzene rings is 2. The molecule has 0 atom stereocenters. The number of hydrogen-bond acceptors (Lipinski definition) is 5. The molecule has 3 aromatic rings. The molecule has 0 aliphatic rings. The minimum atomic E-state index is -0.375. The predicted octanol–water partition coefficient (Wildman–Crippen LogP) is 4.57. The van der Waals surface area contributed by atoms with E-state index in [0.717, 1.165) is 16.8 Å². The molecule has 1 aromatic heterocycles. The van der Waals surface area contributed by atoms with Gasteiger partial charge >= 0.3 is 5.97 Å². The molecule has 28 heavy (non-hydrogen) atoms. The van der Waals surface area contributed by atoms with Crippen LogP contribution in [0.1, 0.15) is 21.8 Å². The molecule has 0 radical (unpaired) electrons. The van der Waals surface area contributed by atoms with E-state index in [1.165, 1.54) is 11.3 Å². The van der Waals surface area contributed by atoms with Crippen molar-refractivity contribution in [3.05, 3.63) is 80.8 Å². The molecule has 0 bridgehead atoms. The molecule has 1 heterocycles. The molecule has 0 aliphatic heterocycles. The molecule has 0 saturated carbocycles. The summed E-state index contributed by atoms with van der Waals surface area (Å²) in [4.78, 5) is 28.5. The smallest absolute Gasteiger partial charge is 0.310 e. The van der Waals surface area contributed by atoms with Gasteiger partial charge in [0, 0.05) is 16.1 Å². The molecule has 3 rings (SSSR count). The van der Waals surface area contributed by atoms with E-state index >= 15 is 0 Å². The van der Waals surface area contributed by atoms with E-state index in [2.05, 4.69) is 10.3 Å². The van der Waals surface area contributed by atoms with Gasteiger partial charge in [0.2, 0.25) is 5.91 Å². The number of rotatable bonds is 7. The summed E-state index contributed by atoms with van der Waals surface area (Å²) in [7, 11) is 0. The van der Waals surface area contributed by atoms with Crippen molar-refractivity contribution in [3.63, 3.8) is 0 Å². The first kappa shape index (κ1) is 20.0. The van der Waals surface area contributed by atoms with Crippen molar-refractivity contribution in [2.45, 2.75) is 26.4 Å². The molecule has 5 nitrogen and oxygen atoms in total. The number of anilines is 1. The van der Waals surface area contributed by atoms with Gasteiger partial charge in [0.15, 0.2) is 0 Å².